The van der Waals surface area contributed by atoms with E-state index in [0.717, 1.165) is 11.3 Å². The van der Waals surface area contributed by atoms with Crippen molar-refractivity contribution in [2.24, 2.45) is 0 Å². The quantitative estimate of drug-likeness (QED) is 0.732. The van der Waals surface area contributed by atoms with Crippen molar-refractivity contribution in [2.45, 2.75) is 0 Å². The lowest BCUT2D eigenvalue weighted by Crippen LogP contribution is -1.98. The van der Waals surface area contributed by atoms with E-state index in [1.54, 1.807) is 24.3 Å². The topological polar surface area (TPSA) is 82.3 Å². The first kappa shape index (κ1) is 10.8. The molecule has 0 fully saturated rings. The molecule has 0 spiro atoms. The van der Waals surface area contributed by atoms with E-state index in [2.05, 4.69) is 4.98 Å². The summed E-state index contributed by atoms with van der Waals surface area (Å²) >= 11 is 1.12. The van der Waals surface area contributed by atoms with Crippen LogP contribution in [-0.4, -0.2) is 10.8 Å². The molecule has 90 valence electrons. The van der Waals surface area contributed by atoms with Gasteiger partial charge in [0.2, 0.25) is 5.78 Å². The van der Waals surface area contributed by atoms with Gasteiger partial charge < -0.3 is 14.6 Å². The second-order valence-corrected chi connectivity index (χ2v) is 4.54. The minimum Gasteiger partial charge on any atom is -0.463 e. The Balaban J connectivity index is 2.10. The van der Waals surface area contributed by atoms with Crippen LogP contribution in [0.25, 0.3) is 11.5 Å². The Bertz CT molecular complexity index is 668. The van der Waals surface area contributed by atoms with E-state index >= 15 is 0 Å². The van der Waals surface area contributed by atoms with Crippen LogP contribution >= 0.6 is 11.3 Å². The maximum Gasteiger partial charge on any atom is 0.240 e. The van der Waals surface area contributed by atoms with E-state index in [9.17, 15) is 4.79 Å². The fraction of sp³-hybridized carbons (Fsp3) is 0. The van der Waals surface area contributed by atoms with Crippen molar-refractivity contribution in [3.63, 3.8) is 0 Å². The van der Waals surface area contributed by atoms with Gasteiger partial charge in [0.25, 0.3) is 0 Å². The molecule has 0 unspecified atom stereocenters. The highest BCUT2D eigenvalue weighted by Gasteiger charge is 2.23. The number of nitrogens with two attached hydrogens (primary N) is 1. The Morgan fingerprint density at radius 2 is 2.00 bits per heavy atom. The van der Waals surface area contributed by atoms with Crippen LogP contribution in [0.3, 0.4) is 0 Å². The number of anilines is 1. The molecule has 0 aliphatic carbocycles. The molecule has 0 amide bonds. The molecule has 6 heteroatoms. The minimum atomic E-state index is -0.249. The average Bonchev–Trinajstić information content (AvgIpc) is 3.09. The summed E-state index contributed by atoms with van der Waals surface area (Å²) in [4.78, 5) is 16.8. The molecule has 0 radical (unpaired) electrons. The first-order valence-corrected chi connectivity index (χ1v) is 5.96. The lowest BCUT2D eigenvalue weighted by Gasteiger charge is -1.96. The van der Waals surface area contributed by atoms with Crippen LogP contribution in [0.15, 0.2) is 45.6 Å². The molecule has 0 atom stereocenters. The lowest BCUT2D eigenvalue weighted by atomic mass is 10.2. The molecule has 2 N–H and O–H groups in total. The van der Waals surface area contributed by atoms with E-state index in [-0.39, 0.29) is 11.5 Å². The van der Waals surface area contributed by atoms with E-state index in [1.165, 1.54) is 12.5 Å². The molecule has 5 nitrogen and oxygen atoms in total. The van der Waals surface area contributed by atoms with Gasteiger partial charge in [0.05, 0.1) is 12.5 Å². The van der Waals surface area contributed by atoms with Gasteiger partial charge in [0.1, 0.15) is 10.6 Å². The predicted molar refractivity (Wildman–Crippen MR) is 66.4 cm³/mol. The fourth-order valence-corrected chi connectivity index (χ4v) is 2.37. The standard InChI is InChI=1S/C12H8N2O3S/c13-12-14-9(7-3-1-5-16-7)11(18-12)10(15)8-4-2-6-17-8/h1-6H,(H2,13,14). The highest BCUT2D eigenvalue weighted by atomic mass is 32.1. The van der Waals surface area contributed by atoms with E-state index in [1.807, 2.05) is 0 Å². The maximum absolute atomic E-state index is 12.2. The van der Waals surface area contributed by atoms with Crippen LogP contribution in [0.5, 0.6) is 0 Å². The average molecular weight is 260 g/mol. The molecule has 0 saturated carbocycles. The first-order valence-electron chi connectivity index (χ1n) is 5.14. The SMILES string of the molecule is Nc1nc(-c2ccco2)c(C(=O)c2ccco2)s1. The zero-order valence-electron chi connectivity index (χ0n) is 9.12. The molecule has 3 heterocycles. The van der Waals surface area contributed by atoms with Gasteiger partial charge in [-0.1, -0.05) is 11.3 Å². The van der Waals surface area contributed by atoms with E-state index < -0.39 is 0 Å². The largest absolute Gasteiger partial charge is 0.463 e. The first-order chi connectivity index (χ1) is 8.75. The Morgan fingerprint density at radius 3 is 2.67 bits per heavy atom. The zero-order valence-corrected chi connectivity index (χ0v) is 9.94. The van der Waals surface area contributed by atoms with Gasteiger partial charge in [-0.3, -0.25) is 4.79 Å². The van der Waals surface area contributed by atoms with Crippen molar-refractivity contribution in [2.75, 3.05) is 5.73 Å². The van der Waals surface area contributed by atoms with Crippen LogP contribution in [-0.2, 0) is 0 Å². The van der Waals surface area contributed by atoms with E-state index in [0.29, 0.717) is 21.5 Å². The van der Waals surface area contributed by atoms with Gasteiger partial charge in [-0.15, -0.1) is 0 Å². The number of carbonyl (C=O) groups excluding carboxylic acids is 1. The van der Waals surface area contributed by atoms with E-state index in [4.69, 9.17) is 14.6 Å². The number of aromatic nitrogens is 1. The van der Waals surface area contributed by atoms with Crippen LogP contribution in [0.2, 0.25) is 0 Å². The maximum atomic E-state index is 12.2. The smallest absolute Gasteiger partial charge is 0.240 e. The van der Waals surface area contributed by atoms with Gasteiger partial charge in [-0.25, -0.2) is 4.98 Å². The fourth-order valence-electron chi connectivity index (χ4n) is 1.59. The number of nitrogens with zero attached hydrogens (tertiary/aromatic N) is 1. The Labute approximate surface area is 106 Å². The molecular formula is C12H8N2O3S. The predicted octanol–water partition coefficient (Wildman–Crippen LogP) is 2.81. The van der Waals surface area contributed by atoms with Crippen molar-refractivity contribution in [1.82, 2.24) is 4.98 Å². The Hall–Kier alpha value is -2.34. The molecule has 0 aliphatic rings. The Morgan fingerprint density at radius 1 is 1.22 bits per heavy atom. The molecule has 0 saturated heterocycles. The molecule has 0 aromatic carbocycles. The number of carbonyl (C=O) groups is 1. The summed E-state index contributed by atoms with van der Waals surface area (Å²) in [6.45, 7) is 0. The summed E-state index contributed by atoms with van der Waals surface area (Å²) in [7, 11) is 0. The van der Waals surface area contributed by atoms with Gasteiger partial charge >= 0.3 is 0 Å². The number of rotatable bonds is 3. The van der Waals surface area contributed by atoms with Gasteiger partial charge in [-0.2, -0.15) is 0 Å². The van der Waals surface area contributed by atoms with Gasteiger partial charge in [-0.05, 0) is 24.3 Å². The van der Waals surface area contributed by atoms with Crippen molar-refractivity contribution in [3.8, 4) is 11.5 Å². The van der Waals surface area contributed by atoms with Gasteiger partial charge in [0.15, 0.2) is 16.7 Å². The van der Waals surface area contributed by atoms with Crippen molar-refractivity contribution in [3.05, 3.63) is 47.4 Å². The zero-order chi connectivity index (χ0) is 12.5. The third-order valence-corrected chi connectivity index (χ3v) is 3.23. The van der Waals surface area contributed by atoms with Crippen LogP contribution < -0.4 is 5.73 Å². The minimum absolute atomic E-state index is 0.249. The van der Waals surface area contributed by atoms with Crippen LogP contribution in [0.4, 0.5) is 5.13 Å². The van der Waals surface area contributed by atoms with Crippen LogP contribution in [0, 0.1) is 0 Å². The summed E-state index contributed by atoms with van der Waals surface area (Å²) in [5.41, 5.74) is 6.11. The number of hydrogen-bond acceptors (Lipinski definition) is 6. The summed E-state index contributed by atoms with van der Waals surface area (Å²) in [5, 5.41) is 0.316. The van der Waals surface area contributed by atoms with Crippen LogP contribution in [0.1, 0.15) is 15.4 Å². The molecule has 0 aliphatic heterocycles. The van der Waals surface area contributed by atoms with Crippen molar-refractivity contribution >= 4 is 22.3 Å². The normalized spacial score (nSPS) is 10.7. The summed E-state index contributed by atoms with van der Waals surface area (Å²) < 4.78 is 10.3. The summed E-state index contributed by atoms with van der Waals surface area (Å²) in [5.74, 6) is 0.518. The van der Waals surface area contributed by atoms with Crippen molar-refractivity contribution in [1.29, 1.82) is 0 Å². The third kappa shape index (κ3) is 1.72. The number of ketones is 1. The van der Waals surface area contributed by atoms with Crippen molar-refractivity contribution < 1.29 is 13.6 Å². The second kappa shape index (κ2) is 4.15. The molecule has 0 bridgehead atoms. The Kier molecular flexibility index (Phi) is 2.49. The number of nitrogen functional groups attached to an aromatic ring is 1. The summed E-state index contributed by atoms with van der Waals surface area (Å²) in [6, 6.07) is 6.72. The highest BCUT2D eigenvalue weighted by Crippen LogP contribution is 2.31. The third-order valence-electron chi connectivity index (χ3n) is 2.35. The molecule has 18 heavy (non-hydrogen) atoms. The molecule has 3 aromatic heterocycles. The molecule has 3 aromatic rings. The number of furan rings is 2. The monoisotopic (exact) mass is 260 g/mol. The number of hydrogen-bond donors (Lipinski definition) is 1. The highest BCUT2D eigenvalue weighted by molar-refractivity contribution is 7.18. The molecular weight excluding hydrogens is 252 g/mol. The van der Waals surface area contributed by atoms with Gasteiger partial charge in [0, 0.05) is 0 Å². The second-order valence-electron chi connectivity index (χ2n) is 3.51. The lowest BCUT2D eigenvalue weighted by molar-refractivity contribution is 0.101. The molecule has 3 rings (SSSR count). The summed E-state index contributed by atoms with van der Waals surface area (Å²) in [6.07, 6.45) is 2.97. The number of thiazole rings is 1.